The molecule has 0 saturated carbocycles. The summed E-state index contributed by atoms with van der Waals surface area (Å²) in [5.74, 6) is 0.158. The zero-order valence-electron chi connectivity index (χ0n) is 16.2. The lowest BCUT2D eigenvalue weighted by Crippen LogP contribution is -2.41. The summed E-state index contributed by atoms with van der Waals surface area (Å²) < 4.78 is 6.99. The highest BCUT2D eigenvalue weighted by Crippen LogP contribution is 2.22. The molecule has 28 heavy (non-hydrogen) atoms. The highest BCUT2D eigenvalue weighted by molar-refractivity contribution is 5.86. The summed E-state index contributed by atoms with van der Waals surface area (Å²) in [6.07, 6.45) is 1.50. The van der Waals surface area contributed by atoms with E-state index >= 15 is 0 Å². The number of likely N-dealkylation sites (tertiary alicyclic amines) is 1. The van der Waals surface area contributed by atoms with Crippen molar-refractivity contribution in [2.45, 2.75) is 19.4 Å². The number of anilines is 1. The molecule has 1 amide bonds. The number of aromatic carboxylic acids is 1. The standard InChI is InChI=1S/C20H26N4O4/c1-22(18-12-17(19(25)26)21-23(18)2)13-15-8-10-24(11-9-15)20(27)28-14-16-6-4-3-5-7-16/h3-7,12,15H,8-11,13-14H2,1-2H3,(H,25,26). The summed E-state index contributed by atoms with van der Waals surface area (Å²) in [7, 11) is 3.67. The van der Waals surface area contributed by atoms with Gasteiger partial charge in [0.2, 0.25) is 0 Å². The molecule has 1 aromatic carbocycles. The van der Waals surface area contributed by atoms with E-state index < -0.39 is 5.97 Å². The van der Waals surface area contributed by atoms with Crippen LogP contribution in [0.4, 0.5) is 10.6 Å². The molecule has 0 radical (unpaired) electrons. The molecule has 0 aliphatic carbocycles. The first kappa shape index (κ1) is 19.7. The van der Waals surface area contributed by atoms with Gasteiger partial charge in [-0.1, -0.05) is 30.3 Å². The zero-order chi connectivity index (χ0) is 20.1. The van der Waals surface area contributed by atoms with Gasteiger partial charge in [-0.15, -0.1) is 0 Å². The van der Waals surface area contributed by atoms with Crippen molar-refractivity contribution < 1.29 is 19.4 Å². The van der Waals surface area contributed by atoms with E-state index in [0.717, 1.165) is 30.8 Å². The average Bonchev–Trinajstić information content (AvgIpc) is 3.10. The number of nitrogens with zero attached hydrogens (tertiary/aromatic N) is 4. The molecule has 0 spiro atoms. The number of hydrogen-bond donors (Lipinski definition) is 1. The summed E-state index contributed by atoms with van der Waals surface area (Å²) in [4.78, 5) is 27.1. The van der Waals surface area contributed by atoms with Gasteiger partial charge in [-0.05, 0) is 24.3 Å². The molecular formula is C20H26N4O4. The molecule has 8 nitrogen and oxygen atoms in total. The van der Waals surface area contributed by atoms with Crippen molar-refractivity contribution >= 4 is 17.9 Å². The van der Waals surface area contributed by atoms with Gasteiger partial charge in [0.1, 0.15) is 12.4 Å². The van der Waals surface area contributed by atoms with Crippen LogP contribution in [0.3, 0.4) is 0 Å². The predicted molar refractivity (Wildman–Crippen MR) is 104 cm³/mol. The second-order valence-corrected chi connectivity index (χ2v) is 7.17. The Morgan fingerprint density at radius 2 is 1.93 bits per heavy atom. The lowest BCUT2D eigenvalue weighted by atomic mass is 9.96. The van der Waals surface area contributed by atoms with Gasteiger partial charge in [0, 0.05) is 39.8 Å². The van der Waals surface area contributed by atoms with Crippen LogP contribution in [-0.2, 0) is 18.4 Å². The van der Waals surface area contributed by atoms with Gasteiger partial charge in [-0.2, -0.15) is 5.10 Å². The predicted octanol–water partition coefficient (Wildman–Crippen LogP) is 2.60. The number of aromatic nitrogens is 2. The van der Waals surface area contributed by atoms with Crippen LogP contribution in [0.25, 0.3) is 0 Å². The SMILES string of the molecule is CN(CC1CCN(C(=O)OCc2ccccc2)CC1)c1cc(C(=O)O)nn1C. The Kier molecular flexibility index (Phi) is 6.18. The number of rotatable bonds is 6. The van der Waals surface area contributed by atoms with E-state index in [0.29, 0.717) is 19.0 Å². The third-order valence-corrected chi connectivity index (χ3v) is 5.08. The number of ether oxygens (including phenoxy) is 1. The summed E-state index contributed by atoms with van der Waals surface area (Å²) in [6, 6.07) is 11.2. The molecule has 1 fully saturated rings. The summed E-state index contributed by atoms with van der Waals surface area (Å²) in [6.45, 7) is 2.40. The first-order valence-corrected chi connectivity index (χ1v) is 9.38. The fraction of sp³-hybridized carbons (Fsp3) is 0.450. The Balaban J connectivity index is 1.46. The topological polar surface area (TPSA) is 87.9 Å². The Labute approximate surface area is 164 Å². The lowest BCUT2D eigenvalue weighted by Gasteiger charge is -2.33. The molecule has 3 rings (SSSR count). The molecule has 0 unspecified atom stereocenters. The highest BCUT2D eigenvalue weighted by Gasteiger charge is 2.25. The van der Waals surface area contributed by atoms with Crippen LogP contribution in [-0.4, -0.2) is 58.5 Å². The molecular weight excluding hydrogens is 360 g/mol. The quantitative estimate of drug-likeness (QED) is 0.821. The van der Waals surface area contributed by atoms with Crippen molar-refractivity contribution in [2.24, 2.45) is 13.0 Å². The van der Waals surface area contributed by atoms with Gasteiger partial charge < -0.3 is 19.6 Å². The second-order valence-electron chi connectivity index (χ2n) is 7.17. The second kappa shape index (κ2) is 8.77. The Hall–Kier alpha value is -3.03. The third-order valence-electron chi connectivity index (χ3n) is 5.08. The maximum atomic E-state index is 12.3. The first-order chi connectivity index (χ1) is 13.4. The van der Waals surface area contributed by atoms with Crippen LogP contribution in [0.1, 0.15) is 28.9 Å². The van der Waals surface area contributed by atoms with E-state index in [9.17, 15) is 9.59 Å². The zero-order valence-corrected chi connectivity index (χ0v) is 16.2. The van der Waals surface area contributed by atoms with Crippen molar-refractivity contribution in [3.05, 3.63) is 47.7 Å². The summed E-state index contributed by atoms with van der Waals surface area (Å²) in [5.41, 5.74) is 1.02. The van der Waals surface area contributed by atoms with Crippen LogP contribution in [0.15, 0.2) is 36.4 Å². The largest absolute Gasteiger partial charge is 0.476 e. The van der Waals surface area contributed by atoms with Gasteiger partial charge in [0.05, 0.1) is 0 Å². The minimum absolute atomic E-state index is 0.0420. The van der Waals surface area contributed by atoms with E-state index in [1.807, 2.05) is 42.3 Å². The fourth-order valence-corrected chi connectivity index (χ4v) is 3.51. The van der Waals surface area contributed by atoms with Gasteiger partial charge in [-0.25, -0.2) is 9.59 Å². The third kappa shape index (κ3) is 4.82. The molecule has 1 saturated heterocycles. The molecule has 0 atom stereocenters. The van der Waals surface area contributed by atoms with Crippen LogP contribution < -0.4 is 4.90 Å². The number of carboxylic acid groups (broad SMARTS) is 1. The minimum atomic E-state index is -1.03. The van der Waals surface area contributed by atoms with Gasteiger partial charge in [0.15, 0.2) is 5.69 Å². The van der Waals surface area contributed by atoms with E-state index in [1.54, 1.807) is 22.7 Å². The fourth-order valence-electron chi connectivity index (χ4n) is 3.51. The molecule has 1 aliphatic heterocycles. The molecule has 1 N–H and O–H groups in total. The van der Waals surface area contributed by atoms with Crippen LogP contribution in [0, 0.1) is 5.92 Å². The molecule has 2 heterocycles. The Bertz CT molecular complexity index is 813. The van der Waals surface area contributed by atoms with Crippen molar-refractivity contribution in [3.8, 4) is 0 Å². The number of aryl methyl sites for hydroxylation is 1. The smallest absolute Gasteiger partial charge is 0.410 e. The number of carbonyl (C=O) groups is 2. The maximum absolute atomic E-state index is 12.3. The molecule has 8 heteroatoms. The number of hydrogen-bond acceptors (Lipinski definition) is 5. The van der Waals surface area contributed by atoms with E-state index in [-0.39, 0.29) is 18.4 Å². The summed E-state index contributed by atoms with van der Waals surface area (Å²) in [5, 5.41) is 13.1. The number of carbonyl (C=O) groups excluding carboxylic acids is 1. The molecule has 1 aliphatic rings. The van der Waals surface area contributed by atoms with Gasteiger partial charge >= 0.3 is 12.1 Å². The van der Waals surface area contributed by atoms with Gasteiger partial charge in [0.25, 0.3) is 0 Å². The lowest BCUT2D eigenvalue weighted by molar-refractivity contribution is 0.0689. The summed E-state index contributed by atoms with van der Waals surface area (Å²) >= 11 is 0. The van der Waals surface area contributed by atoms with Crippen molar-refractivity contribution in [1.29, 1.82) is 0 Å². The van der Waals surface area contributed by atoms with E-state index in [4.69, 9.17) is 9.84 Å². The van der Waals surface area contributed by atoms with Crippen LogP contribution >= 0.6 is 0 Å². The normalized spacial score (nSPS) is 14.7. The van der Waals surface area contributed by atoms with Crippen molar-refractivity contribution in [2.75, 3.05) is 31.6 Å². The number of benzene rings is 1. The van der Waals surface area contributed by atoms with Crippen LogP contribution in [0.2, 0.25) is 0 Å². The van der Waals surface area contributed by atoms with Crippen molar-refractivity contribution in [1.82, 2.24) is 14.7 Å². The molecule has 1 aromatic heterocycles. The monoisotopic (exact) mass is 386 g/mol. The Morgan fingerprint density at radius 1 is 1.25 bits per heavy atom. The first-order valence-electron chi connectivity index (χ1n) is 9.38. The van der Waals surface area contributed by atoms with Crippen LogP contribution in [0.5, 0.6) is 0 Å². The number of amides is 1. The van der Waals surface area contributed by atoms with Crippen molar-refractivity contribution in [3.63, 3.8) is 0 Å². The van der Waals surface area contributed by atoms with Gasteiger partial charge in [-0.3, -0.25) is 4.68 Å². The van der Waals surface area contributed by atoms with E-state index in [1.165, 1.54) is 0 Å². The maximum Gasteiger partial charge on any atom is 0.410 e. The minimum Gasteiger partial charge on any atom is -0.476 e. The number of piperidine rings is 1. The molecule has 2 aromatic rings. The van der Waals surface area contributed by atoms with E-state index in [2.05, 4.69) is 5.10 Å². The average molecular weight is 386 g/mol. The highest BCUT2D eigenvalue weighted by atomic mass is 16.6. The molecule has 0 bridgehead atoms. The number of carboxylic acids is 1. The molecule has 150 valence electrons. The Morgan fingerprint density at radius 3 is 2.54 bits per heavy atom.